The Balaban J connectivity index is 2.44. The summed E-state index contributed by atoms with van der Waals surface area (Å²) in [5, 5.41) is 0. The lowest BCUT2D eigenvalue weighted by Crippen LogP contribution is -2.24. The van der Waals surface area contributed by atoms with Crippen molar-refractivity contribution < 1.29 is 24.0 Å². The highest BCUT2D eigenvalue weighted by Gasteiger charge is 2.18. The average Bonchev–Trinajstić information content (AvgIpc) is 2.43. The van der Waals surface area contributed by atoms with E-state index in [0.29, 0.717) is 17.7 Å². The third kappa shape index (κ3) is 4.89. The van der Waals surface area contributed by atoms with Crippen LogP contribution in [0.5, 0.6) is 5.75 Å². The van der Waals surface area contributed by atoms with Gasteiger partial charge >= 0.3 is 5.97 Å². The summed E-state index contributed by atoms with van der Waals surface area (Å²) in [4.78, 5) is 21.4. The van der Waals surface area contributed by atoms with E-state index in [9.17, 15) is 4.79 Å². The van der Waals surface area contributed by atoms with Gasteiger partial charge in [0.1, 0.15) is 11.3 Å². The number of para-hydroxylation sites is 1. The lowest BCUT2D eigenvalue weighted by atomic mass is 10.1. The predicted octanol–water partition coefficient (Wildman–Crippen LogP) is 2.60. The van der Waals surface area contributed by atoms with Gasteiger partial charge in [-0.05, 0) is 26.0 Å². The summed E-state index contributed by atoms with van der Waals surface area (Å²) in [6.07, 6.45) is 0.614. The summed E-state index contributed by atoms with van der Waals surface area (Å²) in [5.74, 6) is -0.124. The second-order valence-corrected chi connectivity index (χ2v) is 4.61. The molecule has 0 aliphatic carbocycles. The van der Waals surface area contributed by atoms with Crippen molar-refractivity contribution in [3.63, 3.8) is 0 Å². The van der Waals surface area contributed by atoms with Gasteiger partial charge in [-0.25, -0.2) is 4.79 Å². The molecule has 0 fully saturated rings. The Bertz CT molecular complexity index is 414. The van der Waals surface area contributed by atoms with E-state index in [1.165, 1.54) is 7.11 Å². The van der Waals surface area contributed by atoms with Gasteiger partial charge in [-0.2, -0.15) is 4.89 Å². The molecule has 1 aromatic rings. The minimum absolute atomic E-state index is 0.266. The standard InChI is InChI=1S/C14H20O5/c1-14(2,17-4)9-10-18-19-13(15)11-7-5-6-8-12(11)16-3/h5-8H,9-10H2,1-4H3. The van der Waals surface area contributed by atoms with Gasteiger partial charge in [-0.15, -0.1) is 0 Å². The summed E-state index contributed by atoms with van der Waals surface area (Å²) < 4.78 is 10.3. The molecular weight excluding hydrogens is 248 g/mol. The first-order valence-electron chi connectivity index (χ1n) is 6.02. The van der Waals surface area contributed by atoms with E-state index < -0.39 is 5.97 Å². The zero-order valence-electron chi connectivity index (χ0n) is 11.8. The lowest BCUT2D eigenvalue weighted by molar-refractivity contribution is -0.247. The first kappa shape index (κ1) is 15.5. The maximum atomic E-state index is 11.8. The Kier molecular flexibility index (Phi) is 5.79. The quantitative estimate of drug-likeness (QED) is 0.432. The van der Waals surface area contributed by atoms with E-state index in [0.717, 1.165) is 0 Å². The third-order valence-corrected chi connectivity index (χ3v) is 2.80. The monoisotopic (exact) mass is 268 g/mol. The van der Waals surface area contributed by atoms with E-state index >= 15 is 0 Å². The fraction of sp³-hybridized carbons (Fsp3) is 0.500. The van der Waals surface area contributed by atoms with Crippen LogP contribution in [-0.2, 0) is 14.5 Å². The molecule has 1 rings (SSSR count). The van der Waals surface area contributed by atoms with Crippen molar-refractivity contribution in [3.05, 3.63) is 29.8 Å². The highest BCUT2D eigenvalue weighted by atomic mass is 17.2. The fourth-order valence-corrected chi connectivity index (χ4v) is 1.34. The molecule has 0 saturated carbocycles. The molecule has 5 heteroatoms. The molecule has 0 radical (unpaired) electrons. The third-order valence-electron chi connectivity index (χ3n) is 2.80. The van der Waals surface area contributed by atoms with Crippen molar-refractivity contribution in [2.75, 3.05) is 20.8 Å². The maximum absolute atomic E-state index is 11.8. The van der Waals surface area contributed by atoms with Crippen LogP contribution < -0.4 is 4.74 Å². The van der Waals surface area contributed by atoms with Crippen molar-refractivity contribution in [1.29, 1.82) is 0 Å². The average molecular weight is 268 g/mol. The number of ether oxygens (including phenoxy) is 2. The van der Waals surface area contributed by atoms with Gasteiger partial charge in [-0.1, -0.05) is 12.1 Å². The van der Waals surface area contributed by atoms with Gasteiger partial charge in [0.2, 0.25) is 0 Å². The van der Waals surface area contributed by atoms with Crippen LogP contribution in [0.3, 0.4) is 0 Å². The lowest BCUT2D eigenvalue weighted by Gasteiger charge is -2.21. The summed E-state index contributed by atoms with van der Waals surface area (Å²) >= 11 is 0. The van der Waals surface area contributed by atoms with Crippen LogP contribution in [0.1, 0.15) is 30.6 Å². The zero-order chi connectivity index (χ0) is 14.3. The summed E-state index contributed by atoms with van der Waals surface area (Å²) in [5.41, 5.74) is 0.0209. The van der Waals surface area contributed by atoms with E-state index in [-0.39, 0.29) is 12.2 Å². The van der Waals surface area contributed by atoms with Gasteiger partial charge in [0, 0.05) is 13.5 Å². The van der Waals surface area contributed by atoms with E-state index in [2.05, 4.69) is 0 Å². The molecule has 106 valence electrons. The van der Waals surface area contributed by atoms with Crippen LogP contribution in [0.2, 0.25) is 0 Å². The molecule has 0 unspecified atom stereocenters. The Labute approximate surface area is 113 Å². The molecule has 0 atom stereocenters. The Morgan fingerprint density at radius 2 is 1.89 bits per heavy atom. The van der Waals surface area contributed by atoms with Crippen molar-refractivity contribution >= 4 is 5.97 Å². The van der Waals surface area contributed by atoms with E-state index in [4.69, 9.17) is 19.2 Å². The minimum Gasteiger partial charge on any atom is -0.496 e. The van der Waals surface area contributed by atoms with Gasteiger partial charge in [0.25, 0.3) is 0 Å². The molecule has 0 spiro atoms. The van der Waals surface area contributed by atoms with Gasteiger partial charge in [0.05, 0.1) is 19.3 Å². The Morgan fingerprint density at radius 3 is 2.53 bits per heavy atom. The van der Waals surface area contributed by atoms with Crippen LogP contribution in [0.4, 0.5) is 0 Å². The highest BCUT2D eigenvalue weighted by molar-refractivity contribution is 5.92. The van der Waals surface area contributed by atoms with Gasteiger partial charge in [0.15, 0.2) is 0 Å². The topological polar surface area (TPSA) is 54.0 Å². The number of rotatable bonds is 7. The molecule has 0 amide bonds. The predicted molar refractivity (Wildman–Crippen MR) is 70.1 cm³/mol. The number of carbonyl (C=O) groups is 1. The summed E-state index contributed by atoms with van der Waals surface area (Å²) in [7, 11) is 3.12. The first-order chi connectivity index (χ1) is 9.00. The van der Waals surface area contributed by atoms with Crippen molar-refractivity contribution in [2.45, 2.75) is 25.9 Å². The number of benzene rings is 1. The van der Waals surface area contributed by atoms with Gasteiger partial charge in [-0.3, -0.25) is 4.89 Å². The highest BCUT2D eigenvalue weighted by Crippen LogP contribution is 2.18. The second kappa shape index (κ2) is 7.11. The normalized spacial score (nSPS) is 11.2. The number of hydrogen-bond acceptors (Lipinski definition) is 5. The largest absolute Gasteiger partial charge is 0.496 e. The van der Waals surface area contributed by atoms with Crippen LogP contribution >= 0.6 is 0 Å². The number of methoxy groups -OCH3 is 2. The van der Waals surface area contributed by atoms with Crippen LogP contribution in [-0.4, -0.2) is 32.4 Å². The van der Waals surface area contributed by atoms with Gasteiger partial charge < -0.3 is 9.47 Å². The molecule has 0 aliphatic rings. The molecule has 19 heavy (non-hydrogen) atoms. The van der Waals surface area contributed by atoms with Crippen molar-refractivity contribution in [1.82, 2.24) is 0 Å². The molecule has 0 bridgehead atoms. The Hall–Kier alpha value is -1.59. The van der Waals surface area contributed by atoms with Crippen LogP contribution in [0, 0.1) is 0 Å². The smallest absolute Gasteiger partial charge is 0.376 e. The van der Waals surface area contributed by atoms with E-state index in [1.54, 1.807) is 31.4 Å². The van der Waals surface area contributed by atoms with Crippen molar-refractivity contribution in [2.24, 2.45) is 0 Å². The van der Waals surface area contributed by atoms with Crippen molar-refractivity contribution in [3.8, 4) is 5.75 Å². The van der Waals surface area contributed by atoms with E-state index in [1.807, 2.05) is 13.8 Å². The van der Waals surface area contributed by atoms with Crippen LogP contribution in [0.25, 0.3) is 0 Å². The fourth-order valence-electron chi connectivity index (χ4n) is 1.34. The molecule has 0 N–H and O–H groups in total. The molecule has 1 aromatic carbocycles. The molecular formula is C14H20O5. The Morgan fingerprint density at radius 1 is 1.21 bits per heavy atom. The molecule has 0 aromatic heterocycles. The molecule has 5 nitrogen and oxygen atoms in total. The van der Waals surface area contributed by atoms with Crippen LogP contribution in [0.15, 0.2) is 24.3 Å². The second-order valence-electron chi connectivity index (χ2n) is 4.61. The molecule has 0 heterocycles. The molecule has 0 aliphatic heterocycles. The maximum Gasteiger partial charge on any atom is 0.376 e. The first-order valence-corrected chi connectivity index (χ1v) is 6.02. The zero-order valence-corrected chi connectivity index (χ0v) is 11.8. The number of carbonyl (C=O) groups excluding carboxylic acids is 1. The number of hydrogen-bond donors (Lipinski definition) is 0. The molecule has 0 saturated heterocycles. The minimum atomic E-state index is -0.576. The SMILES string of the molecule is COc1ccccc1C(=O)OOCCC(C)(C)OC. The summed E-state index contributed by atoms with van der Waals surface area (Å²) in [6.45, 7) is 4.12. The summed E-state index contributed by atoms with van der Waals surface area (Å²) in [6, 6.07) is 6.80.